The van der Waals surface area contributed by atoms with E-state index < -0.39 is 0 Å². The molecule has 0 amide bonds. The molecule has 0 aromatic rings. The predicted octanol–water partition coefficient (Wildman–Crippen LogP) is 2.18. The van der Waals surface area contributed by atoms with E-state index >= 15 is 0 Å². The number of nitrogens with zero attached hydrogens (tertiary/aromatic N) is 2. The number of rotatable bonds is 2. The molecule has 0 N–H and O–H groups in total. The fourth-order valence-electron chi connectivity index (χ4n) is 2.98. The van der Waals surface area contributed by atoms with Crippen molar-refractivity contribution in [2.24, 2.45) is 11.8 Å². The van der Waals surface area contributed by atoms with Gasteiger partial charge in [-0.15, -0.1) is 0 Å². The summed E-state index contributed by atoms with van der Waals surface area (Å²) in [5.74, 6) is 1.81. The first kappa shape index (κ1) is 11.0. The van der Waals surface area contributed by atoms with Gasteiger partial charge in [0.25, 0.3) is 0 Å². The highest BCUT2D eigenvalue weighted by Crippen LogP contribution is 2.33. The third-order valence-electron chi connectivity index (χ3n) is 4.10. The first-order valence-corrected chi connectivity index (χ1v) is 6.22. The molecule has 2 heteroatoms. The van der Waals surface area contributed by atoms with Crippen molar-refractivity contribution in [2.75, 3.05) is 26.2 Å². The molecule has 2 saturated heterocycles. The number of hydrogen-bond donors (Lipinski definition) is 0. The quantitative estimate of drug-likeness (QED) is 0.686. The highest BCUT2D eigenvalue weighted by Gasteiger charge is 2.37. The zero-order valence-corrected chi connectivity index (χ0v) is 10.4. The van der Waals surface area contributed by atoms with E-state index in [-0.39, 0.29) is 0 Å². The van der Waals surface area contributed by atoms with Crippen LogP contribution in [0.1, 0.15) is 27.2 Å². The lowest BCUT2D eigenvalue weighted by atomic mass is 9.88. The van der Waals surface area contributed by atoms with Gasteiger partial charge in [-0.3, -0.25) is 0 Å². The second-order valence-corrected chi connectivity index (χ2v) is 5.54. The predicted molar refractivity (Wildman–Crippen MR) is 64.7 cm³/mol. The number of piperidine rings is 1. The van der Waals surface area contributed by atoms with Crippen molar-refractivity contribution in [3.05, 3.63) is 12.3 Å². The first-order chi connectivity index (χ1) is 7.08. The summed E-state index contributed by atoms with van der Waals surface area (Å²) in [6.07, 6.45) is 1.38. The van der Waals surface area contributed by atoms with Crippen LogP contribution >= 0.6 is 0 Å². The van der Waals surface area contributed by atoms with Crippen LogP contribution in [0.2, 0.25) is 0 Å². The zero-order valence-electron chi connectivity index (χ0n) is 10.4. The molecule has 2 fully saturated rings. The molecule has 0 aromatic carbocycles. The third kappa shape index (κ3) is 2.20. The van der Waals surface area contributed by atoms with Crippen LogP contribution in [-0.2, 0) is 0 Å². The Morgan fingerprint density at radius 3 is 2.47 bits per heavy atom. The molecular formula is C13H24N2. The van der Waals surface area contributed by atoms with Crippen LogP contribution in [-0.4, -0.2) is 42.0 Å². The van der Waals surface area contributed by atoms with Crippen molar-refractivity contribution in [3.63, 3.8) is 0 Å². The van der Waals surface area contributed by atoms with Crippen LogP contribution in [0.4, 0.5) is 0 Å². The first-order valence-electron chi connectivity index (χ1n) is 6.22. The van der Waals surface area contributed by atoms with Gasteiger partial charge < -0.3 is 9.80 Å². The summed E-state index contributed by atoms with van der Waals surface area (Å²) < 4.78 is 0. The lowest BCUT2D eigenvalue weighted by molar-refractivity contribution is 0.118. The Hall–Kier alpha value is -0.500. The van der Waals surface area contributed by atoms with E-state index in [1.807, 2.05) is 0 Å². The largest absolute Gasteiger partial charge is 0.375 e. The molecule has 15 heavy (non-hydrogen) atoms. The fourth-order valence-corrected chi connectivity index (χ4v) is 2.98. The number of allylic oxidation sites excluding steroid dienone is 1. The summed E-state index contributed by atoms with van der Waals surface area (Å²) in [4.78, 5) is 5.10. The van der Waals surface area contributed by atoms with Crippen molar-refractivity contribution in [1.82, 2.24) is 9.80 Å². The minimum absolute atomic E-state index is 0.713. The monoisotopic (exact) mass is 208 g/mol. The molecule has 2 unspecified atom stereocenters. The van der Waals surface area contributed by atoms with Crippen LogP contribution in [0.5, 0.6) is 0 Å². The molecule has 2 aliphatic rings. The Balaban J connectivity index is 1.95. The molecule has 0 bridgehead atoms. The standard InChI is InChI=1S/C13H24N2/c1-10(2)14-6-5-12-7-15(11(3)4)9-13(12)8-14/h10,12-13H,3,5-9H2,1-2,4H3. The summed E-state index contributed by atoms with van der Waals surface area (Å²) in [5, 5.41) is 0. The van der Waals surface area contributed by atoms with Gasteiger partial charge in [0.2, 0.25) is 0 Å². The summed E-state index contributed by atoms with van der Waals surface area (Å²) in [5.41, 5.74) is 1.25. The maximum absolute atomic E-state index is 4.06. The van der Waals surface area contributed by atoms with Gasteiger partial charge in [-0.25, -0.2) is 0 Å². The average Bonchev–Trinajstić information content (AvgIpc) is 2.59. The molecule has 2 aliphatic heterocycles. The van der Waals surface area contributed by atoms with Gasteiger partial charge in [0.1, 0.15) is 0 Å². The lowest BCUT2D eigenvalue weighted by Gasteiger charge is -2.36. The number of hydrogen-bond acceptors (Lipinski definition) is 2. The van der Waals surface area contributed by atoms with Crippen molar-refractivity contribution in [2.45, 2.75) is 33.2 Å². The topological polar surface area (TPSA) is 6.48 Å². The second-order valence-electron chi connectivity index (χ2n) is 5.54. The highest BCUT2D eigenvalue weighted by atomic mass is 15.2. The van der Waals surface area contributed by atoms with Crippen molar-refractivity contribution >= 4 is 0 Å². The maximum Gasteiger partial charge on any atom is 0.0218 e. The highest BCUT2D eigenvalue weighted by molar-refractivity contribution is 4.99. The fraction of sp³-hybridized carbons (Fsp3) is 0.846. The molecule has 2 rings (SSSR count). The van der Waals surface area contributed by atoms with E-state index in [0.29, 0.717) is 6.04 Å². The van der Waals surface area contributed by atoms with E-state index in [2.05, 4.69) is 37.1 Å². The average molecular weight is 208 g/mol. The Morgan fingerprint density at radius 2 is 1.87 bits per heavy atom. The minimum Gasteiger partial charge on any atom is -0.375 e. The number of fused-ring (bicyclic) bond motifs is 1. The lowest BCUT2D eigenvalue weighted by Crippen LogP contribution is -2.43. The van der Waals surface area contributed by atoms with Gasteiger partial charge >= 0.3 is 0 Å². The summed E-state index contributed by atoms with van der Waals surface area (Å²) in [6, 6.07) is 0.713. The van der Waals surface area contributed by atoms with E-state index in [1.165, 1.54) is 38.3 Å². The van der Waals surface area contributed by atoms with Crippen LogP contribution in [0.3, 0.4) is 0 Å². The van der Waals surface area contributed by atoms with Gasteiger partial charge in [-0.05, 0) is 45.6 Å². The van der Waals surface area contributed by atoms with Gasteiger partial charge in [0, 0.05) is 31.4 Å². The van der Waals surface area contributed by atoms with Crippen molar-refractivity contribution in [3.8, 4) is 0 Å². The molecule has 0 saturated carbocycles. The number of likely N-dealkylation sites (tertiary alicyclic amines) is 2. The van der Waals surface area contributed by atoms with E-state index in [4.69, 9.17) is 0 Å². The van der Waals surface area contributed by atoms with Crippen LogP contribution in [0.25, 0.3) is 0 Å². The van der Waals surface area contributed by atoms with Gasteiger partial charge in [-0.2, -0.15) is 0 Å². The van der Waals surface area contributed by atoms with Crippen LogP contribution in [0, 0.1) is 11.8 Å². The molecular weight excluding hydrogens is 184 g/mol. The summed E-state index contributed by atoms with van der Waals surface area (Å²) in [7, 11) is 0. The Bertz CT molecular complexity index is 247. The molecule has 0 aliphatic carbocycles. The molecule has 86 valence electrons. The zero-order chi connectivity index (χ0) is 11.0. The van der Waals surface area contributed by atoms with Crippen LogP contribution < -0.4 is 0 Å². The molecule has 0 radical (unpaired) electrons. The van der Waals surface area contributed by atoms with Gasteiger partial charge in [0.05, 0.1) is 0 Å². The normalized spacial score (nSPS) is 32.1. The summed E-state index contributed by atoms with van der Waals surface area (Å²) in [6.45, 7) is 15.9. The van der Waals surface area contributed by atoms with Gasteiger partial charge in [-0.1, -0.05) is 6.58 Å². The Morgan fingerprint density at radius 1 is 1.20 bits per heavy atom. The maximum atomic E-state index is 4.06. The van der Waals surface area contributed by atoms with E-state index in [9.17, 15) is 0 Å². The Labute approximate surface area is 93.9 Å². The molecule has 0 aromatic heterocycles. The molecule has 2 atom stereocenters. The third-order valence-corrected chi connectivity index (χ3v) is 4.10. The molecule has 2 heterocycles. The minimum atomic E-state index is 0.713. The van der Waals surface area contributed by atoms with Gasteiger partial charge in [0.15, 0.2) is 0 Å². The van der Waals surface area contributed by atoms with Crippen molar-refractivity contribution in [1.29, 1.82) is 0 Å². The smallest absolute Gasteiger partial charge is 0.0218 e. The van der Waals surface area contributed by atoms with E-state index in [1.54, 1.807) is 0 Å². The SMILES string of the molecule is C=C(C)N1CC2CCN(C(C)C)CC2C1. The van der Waals surface area contributed by atoms with Crippen molar-refractivity contribution < 1.29 is 0 Å². The second kappa shape index (κ2) is 4.17. The van der Waals surface area contributed by atoms with E-state index in [0.717, 1.165) is 11.8 Å². The molecule has 0 spiro atoms. The van der Waals surface area contributed by atoms with Crippen LogP contribution in [0.15, 0.2) is 12.3 Å². The Kier molecular flexibility index (Phi) is 3.06. The molecule has 2 nitrogen and oxygen atoms in total. The summed E-state index contributed by atoms with van der Waals surface area (Å²) >= 11 is 0.